The zero-order valence-electron chi connectivity index (χ0n) is 12.0. The second-order valence-electron chi connectivity index (χ2n) is 5.12. The van der Waals surface area contributed by atoms with Gasteiger partial charge in [-0.25, -0.2) is 0 Å². The zero-order valence-corrected chi connectivity index (χ0v) is 12.8. The fraction of sp³-hybridized carbons (Fsp3) is 0.250. The van der Waals surface area contributed by atoms with Gasteiger partial charge in [0.1, 0.15) is 0 Å². The van der Waals surface area contributed by atoms with Crippen molar-refractivity contribution < 1.29 is 10.0 Å². The largest absolute Gasteiger partial charge is 0.411 e. The minimum Gasteiger partial charge on any atom is -0.411 e. The minimum absolute atomic E-state index is 0.0145. The summed E-state index contributed by atoms with van der Waals surface area (Å²) in [5, 5.41) is 12.5. The number of para-hydroxylation sites is 1. The Balaban J connectivity index is 2.02. The van der Waals surface area contributed by atoms with Gasteiger partial charge in [-0.15, -0.1) is 11.3 Å². The molecule has 0 atom stereocenters. The number of carbonyl (C=O) groups is 1. The molecule has 0 radical (unpaired) electrons. The van der Waals surface area contributed by atoms with Crippen molar-refractivity contribution in [1.29, 1.82) is 0 Å². The van der Waals surface area contributed by atoms with Gasteiger partial charge in [-0.1, -0.05) is 23.4 Å². The molecule has 1 aromatic heterocycles. The fourth-order valence-corrected chi connectivity index (χ4v) is 3.54. The van der Waals surface area contributed by atoms with Crippen molar-refractivity contribution >= 4 is 28.6 Å². The number of hydrogen-bond acceptors (Lipinski definition) is 4. The van der Waals surface area contributed by atoms with Gasteiger partial charge in [0.05, 0.1) is 16.3 Å². The quantitative estimate of drug-likeness (QED) is 0.646. The summed E-state index contributed by atoms with van der Waals surface area (Å²) < 4.78 is 0. The Kier molecular flexibility index (Phi) is 3.51. The number of thiophene rings is 1. The van der Waals surface area contributed by atoms with Crippen LogP contribution in [0.2, 0.25) is 0 Å². The molecule has 1 aliphatic heterocycles. The third kappa shape index (κ3) is 2.34. The molecule has 4 nitrogen and oxygen atoms in total. The van der Waals surface area contributed by atoms with Gasteiger partial charge >= 0.3 is 0 Å². The van der Waals surface area contributed by atoms with E-state index in [9.17, 15) is 4.79 Å². The minimum atomic E-state index is 0.0145. The standard InChI is InChI=1S/C16H16N2O2S/c1-10-9-15(21-11(10)2)16(19)18-8-7-13(17-20)12-5-3-4-6-14(12)18/h3-6,9,20H,7-8H2,1-2H3. The van der Waals surface area contributed by atoms with Gasteiger partial charge in [0.15, 0.2) is 0 Å². The smallest absolute Gasteiger partial charge is 0.268 e. The number of benzene rings is 1. The molecule has 0 saturated heterocycles. The molecule has 2 heterocycles. The zero-order chi connectivity index (χ0) is 15.0. The van der Waals surface area contributed by atoms with E-state index in [-0.39, 0.29) is 5.91 Å². The van der Waals surface area contributed by atoms with E-state index in [4.69, 9.17) is 5.21 Å². The molecule has 1 aromatic carbocycles. The molecule has 0 aliphatic carbocycles. The van der Waals surface area contributed by atoms with Gasteiger partial charge < -0.3 is 10.1 Å². The van der Waals surface area contributed by atoms with E-state index in [2.05, 4.69) is 5.16 Å². The van der Waals surface area contributed by atoms with Crippen molar-refractivity contribution in [2.45, 2.75) is 20.3 Å². The Morgan fingerprint density at radius 1 is 1.33 bits per heavy atom. The van der Waals surface area contributed by atoms with Crippen LogP contribution >= 0.6 is 11.3 Å². The Labute approximate surface area is 127 Å². The first-order valence-corrected chi connectivity index (χ1v) is 7.62. The summed E-state index contributed by atoms with van der Waals surface area (Å²) in [6.45, 7) is 4.58. The molecule has 0 unspecified atom stereocenters. The van der Waals surface area contributed by atoms with Gasteiger partial charge in [-0.2, -0.15) is 0 Å². The van der Waals surface area contributed by atoms with Crippen LogP contribution in [0, 0.1) is 13.8 Å². The maximum Gasteiger partial charge on any atom is 0.268 e. The summed E-state index contributed by atoms with van der Waals surface area (Å²) >= 11 is 1.53. The third-order valence-corrected chi connectivity index (χ3v) is 4.96. The molecule has 1 N–H and O–H groups in total. The highest BCUT2D eigenvalue weighted by Gasteiger charge is 2.27. The number of rotatable bonds is 1. The number of fused-ring (bicyclic) bond motifs is 1. The lowest BCUT2D eigenvalue weighted by Crippen LogP contribution is -2.37. The normalized spacial score (nSPS) is 16.1. The summed E-state index contributed by atoms with van der Waals surface area (Å²) in [5.74, 6) is 0.0145. The lowest BCUT2D eigenvalue weighted by molar-refractivity contribution is 0.0990. The van der Waals surface area contributed by atoms with Gasteiger partial charge in [0, 0.05) is 23.4 Å². The average molecular weight is 300 g/mol. The Bertz CT molecular complexity index is 714. The highest BCUT2D eigenvalue weighted by atomic mass is 32.1. The van der Waals surface area contributed by atoms with Crippen LogP contribution in [0.5, 0.6) is 0 Å². The van der Waals surface area contributed by atoms with Crippen LogP contribution in [0.1, 0.15) is 32.1 Å². The van der Waals surface area contributed by atoms with E-state index < -0.39 is 0 Å². The van der Waals surface area contributed by atoms with Crippen LogP contribution in [0.15, 0.2) is 35.5 Å². The summed E-state index contributed by atoms with van der Waals surface area (Å²) in [6.07, 6.45) is 0.558. The van der Waals surface area contributed by atoms with E-state index in [1.165, 1.54) is 16.2 Å². The highest BCUT2D eigenvalue weighted by molar-refractivity contribution is 7.14. The highest BCUT2D eigenvalue weighted by Crippen LogP contribution is 2.30. The van der Waals surface area contributed by atoms with Gasteiger partial charge in [0.25, 0.3) is 5.91 Å². The SMILES string of the molecule is Cc1cc(C(=O)N2CCC(=NO)c3ccccc32)sc1C. The number of hydrogen-bond donors (Lipinski definition) is 1. The van der Waals surface area contributed by atoms with E-state index in [1.807, 2.05) is 44.2 Å². The Morgan fingerprint density at radius 2 is 2.10 bits per heavy atom. The Hall–Kier alpha value is -2.14. The number of nitrogens with zero attached hydrogens (tertiary/aromatic N) is 2. The average Bonchev–Trinajstić information content (AvgIpc) is 2.85. The van der Waals surface area contributed by atoms with Crippen molar-refractivity contribution in [3.8, 4) is 0 Å². The molecule has 108 valence electrons. The fourth-order valence-electron chi connectivity index (χ4n) is 2.55. The number of amides is 1. The first-order valence-electron chi connectivity index (χ1n) is 6.81. The predicted molar refractivity (Wildman–Crippen MR) is 84.9 cm³/mol. The molecule has 0 bridgehead atoms. The van der Waals surface area contributed by atoms with Crippen molar-refractivity contribution in [3.05, 3.63) is 51.2 Å². The van der Waals surface area contributed by atoms with Crippen molar-refractivity contribution in [1.82, 2.24) is 0 Å². The Morgan fingerprint density at radius 3 is 2.76 bits per heavy atom. The van der Waals surface area contributed by atoms with E-state index in [0.29, 0.717) is 18.7 Å². The van der Waals surface area contributed by atoms with Crippen molar-refractivity contribution in [3.63, 3.8) is 0 Å². The molecule has 0 spiro atoms. The van der Waals surface area contributed by atoms with Gasteiger partial charge in [0.2, 0.25) is 0 Å². The monoisotopic (exact) mass is 300 g/mol. The lowest BCUT2D eigenvalue weighted by Gasteiger charge is -2.29. The lowest BCUT2D eigenvalue weighted by atomic mass is 9.99. The second kappa shape index (κ2) is 5.33. The van der Waals surface area contributed by atoms with Crippen molar-refractivity contribution in [2.24, 2.45) is 5.16 Å². The third-order valence-electron chi connectivity index (χ3n) is 3.82. The number of carbonyl (C=O) groups excluding carboxylic acids is 1. The summed E-state index contributed by atoms with van der Waals surface area (Å²) in [7, 11) is 0. The number of aryl methyl sites for hydroxylation is 2. The summed E-state index contributed by atoms with van der Waals surface area (Å²) in [4.78, 5) is 16.5. The topological polar surface area (TPSA) is 52.9 Å². The molecule has 0 fully saturated rings. The molecule has 0 saturated carbocycles. The number of anilines is 1. The van der Waals surface area contributed by atoms with Crippen LogP contribution in [0.25, 0.3) is 0 Å². The molecule has 2 aromatic rings. The molecular formula is C16H16N2O2S. The van der Waals surface area contributed by atoms with E-state index >= 15 is 0 Å². The molecular weight excluding hydrogens is 284 g/mol. The molecule has 5 heteroatoms. The van der Waals surface area contributed by atoms with Crippen molar-refractivity contribution in [2.75, 3.05) is 11.4 Å². The van der Waals surface area contributed by atoms with Crippen LogP contribution in [0.3, 0.4) is 0 Å². The molecule has 1 amide bonds. The predicted octanol–water partition coefficient (Wildman–Crippen LogP) is 3.59. The van der Waals surface area contributed by atoms with Crippen LogP contribution < -0.4 is 4.90 Å². The molecule has 3 rings (SSSR count). The van der Waals surface area contributed by atoms with Crippen LogP contribution in [-0.4, -0.2) is 23.4 Å². The second-order valence-corrected chi connectivity index (χ2v) is 6.38. The maximum absolute atomic E-state index is 12.8. The maximum atomic E-state index is 12.8. The summed E-state index contributed by atoms with van der Waals surface area (Å²) in [6, 6.07) is 9.50. The first-order chi connectivity index (χ1) is 10.1. The van der Waals surface area contributed by atoms with Crippen LogP contribution in [-0.2, 0) is 0 Å². The van der Waals surface area contributed by atoms with Gasteiger partial charge in [-0.3, -0.25) is 4.79 Å². The van der Waals surface area contributed by atoms with Crippen LogP contribution in [0.4, 0.5) is 5.69 Å². The van der Waals surface area contributed by atoms with E-state index in [0.717, 1.165) is 21.7 Å². The number of oxime groups is 1. The van der Waals surface area contributed by atoms with E-state index in [1.54, 1.807) is 4.90 Å². The molecule has 1 aliphatic rings. The summed E-state index contributed by atoms with van der Waals surface area (Å²) in [5.41, 5.74) is 3.41. The molecule has 21 heavy (non-hydrogen) atoms. The first kappa shape index (κ1) is 13.8. The van der Waals surface area contributed by atoms with Gasteiger partial charge in [-0.05, 0) is 31.5 Å².